The van der Waals surface area contributed by atoms with Gasteiger partial charge in [-0.25, -0.2) is 0 Å². The van der Waals surface area contributed by atoms with Gasteiger partial charge in [0.1, 0.15) is 0 Å². The first-order chi connectivity index (χ1) is 8.72. The summed E-state index contributed by atoms with van der Waals surface area (Å²) in [5, 5.41) is 0. The zero-order valence-corrected chi connectivity index (χ0v) is 12.7. The highest BCUT2D eigenvalue weighted by Gasteiger charge is 2.15. The first-order valence-electron chi connectivity index (χ1n) is 7.74. The molecule has 0 spiro atoms. The van der Waals surface area contributed by atoms with Crippen LogP contribution in [0.25, 0.3) is 0 Å². The molecule has 1 saturated heterocycles. The topological polar surface area (TPSA) is 15.7 Å². The average Bonchev–Trinajstić information content (AvgIpc) is 2.35. The molecule has 0 amide bonds. The van der Waals surface area contributed by atoms with Gasteiger partial charge in [-0.1, -0.05) is 20.8 Å². The van der Waals surface area contributed by atoms with Crippen LogP contribution in [0.3, 0.4) is 0 Å². The number of piperazine rings is 1. The zero-order chi connectivity index (χ0) is 13.2. The van der Waals surface area contributed by atoms with Crippen molar-refractivity contribution < 1.29 is 4.74 Å². The van der Waals surface area contributed by atoms with E-state index in [9.17, 15) is 0 Å². The Balaban J connectivity index is 1.91. The average molecular weight is 256 g/mol. The summed E-state index contributed by atoms with van der Waals surface area (Å²) in [6, 6.07) is 0. The van der Waals surface area contributed by atoms with Gasteiger partial charge in [0.15, 0.2) is 0 Å². The van der Waals surface area contributed by atoms with Crippen molar-refractivity contribution in [1.82, 2.24) is 9.80 Å². The van der Waals surface area contributed by atoms with Crippen LogP contribution in [0, 0.1) is 5.92 Å². The van der Waals surface area contributed by atoms with E-state index in [-0.39, 0.29) is 0 Å². The minimum Gasteiger partial charge on any atom is -0.381 e. The van der Waals surface area contributed by atoms with Crippen LogP contribution in [0.2, 0.25) is 0 Å². The van der Waals surface area contributed by atoms with Crippen LogP contribution >= 0.6 is 0 Å². The summed E-state index contributed by atoms with van der Waals surface area (Å²) < 4.78 is 5.66. The standard InChI is InChI=1S/C15H32N2O/c1-4-7-16-9-11-17(12-10-16)8-5-13-18-14-6-15(2)3/h15H,4-14H2,1-3H3. The minimum absolute atomic E-state index is 0.761. The summed E-state index contributed by atoms with van der Waals surface area (Å²) in [6.45, 7) is 16.1. The normalized spacial score (nSPS) is 18.7. The maximum absolute atomic E-state index is 5.66. The van der Waals surface area contributed by atoms with Crippen LogP contribution in [0.1, 0.15) is 40.0 Å². The van der Waals surface area contributed by atoms with Gasteiger partial charge in [0.05, 0.1) is 0 Å². The molecule has 0 bridgehead atoms. The summed E-state index contributed by atoms with van der Waals surface area (Å²) in [4.78, 5) is 5.16. The minimum atomic E-state index is 0.761. The Bertz CT molecular complexity index is 189. The molecular formula is C15H32N2O. The van der Waals surface area contributed by atoms with Crippen LogP contribution in [0.15, 0.2) is 0 Å². The Morgan fingerprint density at radius 3 is 2.11 bits per heavy atom. The van der Waals surface area contributed by atoms with Crippen molar-refractivity contribution in [2.45, 2.75) is 40.0 Å². The molecule has 0 aliphatic carbocycles. The Kier molecular flexibility index (Phi) is 8.64. The molecule has 3 heteroatoms. The van der Waals surface area contributed by atoms with Crippen LogP contribution in [-0.2, 0) is 4.74 Å². The lowest BCUT2D eigenvalue weighted by atomic mass is 10.1. The second-order valence-electron chi connectivity index (χ2n) is 5.83. The predicted molar refractivity (Wildman–Crippen MR) is 78.1 cm³/mol. The molecule has 108 valence electrons. The summed E-state index contributed by atoms with van der Waals surface area (Å²) in [5.74, 6) is 0.761. The molecule has 3 nitrogen and oxygen atoms in total. The van der Waals surface area contributed by atoms with Crippen molar-refractivity contribution in [2.24, 2.45) is 5.92 Å². The molecule has 0 aromatic heterocycles. The third kappa shape index (κ3) is 7.34. The lowest BCUT2D eigenvalue weighted by molar-refractivity contribution is 0.0943. The largest absolute Gasteiger partial charge is 0.381 e. The van der Waals surface area contributed by atoms with Gasteiger partial charge in [-0.15, -0.1) is 0 Å². The van der Waals surface area contributed by atoms with Gasteiger partial charge >= 0.3 is 0 Å². The van der Waals surface area contributed by atoms with E-state index in [2.05, 4.69) is 30.6 Å². The third-order valence-corrected chi connectivity index (χ3v) is 3.61. The molecule has 18 heavy (non-hydrogen) atoms. The smallest absolute Gasteiger partial charge is 0.0478 e. The number of hydrogen-bond acceptors (Lipinski definition) is 3. The molecule has 0 unspecified atom stereocenters. The molecule has 1 fully saturated rings. The quantitative estimate of drug-likeness (QED) is 0.589. The molecule has 1 heterocycles. The highest BCUT2D eigenvalue weighted by Crippen LogP contribution is 2.04. The molecule has 0 saturated carbocycles. The molecule has 1 aliphatic heterocycles. The molecule has 1 aliphatic rings. The van der Waals surface area contributed by atoms with Crippen LogP contribution in [0.4, 0.5) is 0 Å². The number of ether oxygens (including phenoxy) is 1. The van der Waals surface area contributed by atoms with Gasteiger partial charge in [-0.05, 0) is 31.7 Å². The van der Waals surface area contributed by atoms with E-state index in [1.165, 1.54) is 58.5 Å². The van der Waals surface area contributed by atoms with Gasteiger partial charge < -0.3 is 14.5 Å². The fourth-order valence-electron chi connectivity index (χ4n) is 2.36. The third-order valence-electron chi connectivity index (χ3n) is 3.61. The van der Waals surface area contributed by atoms with E-state index < -0.39 is 0 Å². The van der Waals surface area contributed by atoms with E-state index >= 15 is 0 Å². The first kappa shape index (κ1) is 15.9. The van der Waals surface area contributed by atoms with Gasteiger partial charge in [0, 0.05) is 45.9 Å². The van der Waals surface area contributed by atoms with Crippen molar-refractivity contribution in [3.8, 4) is 0 Å². The highest BCUT2D eigenvalue weighted by atomic mass is 16.5. The van der Waals surface area contributed by atoms with Crippen LogP contribution < -0.4 is 0 Å². The molecule has 0 aromatic carbocycles. The highest BCUT2D eigenvalue weighted by molar-refractivity contribution is 4.71. The second kappa shape index (κ2) is 9.76. The van der Waals surface area contributed by atoms with Gasteiger partial charge in [0.2, 0.25) is 0 Å². The Labute approximate surface area is 113 Å². The summed E-state index contributed by atoms with van der Waals surface area (Å²) in [7, 11) is 0. The lowest BCUT2D eigenvalue weighted by Gasteiger charge is -2.34. The first-order valence-corrected chi connectivity index (χ1v) is 7.74. The lowest BCUT2D eigenvalue weighted by Crippen LogP contribution is -2.46. The zero-order valence-electron chi connectivity index (χ0n) is 12.7. The molecular weight excluding hydrogens is 224 g/mol. The van der Waals surface area contributed by atoms with E-state index in [0.29, 0.717) is 0 Å². The maximum atomic E-state index is 5.66. The molecule has 0 radical (unpaired) electrons. The van der Waals surface area contributed by atoms with Crippen molar-refractivity contribution in [3.63, 3.8) is 0 Å². The van der Waals surface area contributed by atoms with E-state index in [0.717, 1.165) is 19.1 Å². The van der Waals surface area contributed by atoms with E-state index in [1.54, 1.807) is 0 Å². The fraction of sp³-hybridized carbons (Fsp3) is 1.00. The second-order valence-corrected chi connectivity index (χ2v) is 5.83. The maximum Gasteiger partial charge on any atom is 0.0478 e. The number of nitrogens with zero attached hydrogens (tertiary/aromatic N) is 2. The van der Waals surface area contributed by atoms with Crippen molar-refractivity contribution in [2.75, 3.05) is 52.5 Å². The molecule has 0 aromatic rings. The summed E-state index contributed by atoms with van der Waals surface area (Å²) in [6.07, 6.45) is 3.66. The van der Waals surface area contributed by atoms with Crippen LogP contribution in [0.5, 0.6) is 0 Å². The van der Waals surface area contributed by atoms with Gasteiger partial charge in [0.25, 0.3) is 0 Å². The summed E-state index contributed by atoms with van der Waals surface area (Å²) >= 11 is 0. The Morgan fingerprint density at radius 1 is 0.944 bits per heavy atom. The molecule has 1 rings (SSSR count). The predicted octanol–water partition coefficient (Wildman–Crippen LogP) is 2.47. The van der Waals surface area contributed by atoms with Gasteiger partial charge in [-0.3, -0.25) is 0 Å². The fourth-order valence-corrected chi connectivity index (χ4v) is 2.36. The van der Waals surface area contributed by atoms with E-state index in [1.807, 2.05) is 0 Å². The molecule has 0 atom stereocenters. The monoisotopic (exact) mass is 256 g/mol. The van der Waals surface area contributed by atoms with Crippen LogP contribution in [-0.4, -0.2) is 62.3 Å². The van der Waals surface area contributed by atoms with Crippen molar-refractivity contribution in [3.05, 3.63) is 0 Å². The Hall–Kier alpha value is -0.120. The summed E-state index contributed by atoms with van der Waals surface area (Å²) in [5.41, 5.74) is 0. The van der Waals surface area contributed by atoms with E-state index in [4.69, 9.17) is 4.74 Å². The number of rotatable bonds is 9. The van der Waals surface area contributed by atoms with Gasteiger partial charge in [-0.2, -0.15) is 0 Å². The SMILES string of the molecule is CCCN1CCN(CCCOCCC(C)C)CC1. The van der Waals surface area contributed by atoms with Crippen molar-refractivity contribution in [1.29, 1.82) is 0 Å². The van der Waals surface area contributed by atoms with Crippen molar-refractivity contribution >= 4 is 0 Å². The molecule has 0 N–H and O–H groups in total. The Morgan fingerprint density at radius 2 is 1.56 bits per heavy atom. The number of hydrogen-bond donors (Lipinski definition) is 0.